The fourth-order valence-electron chi connectivity index (χ4n) is 3.95. The minimum atomic E-state index is 0.521. The van der Waals surface area contributed by atoms with Gasteiger partial charge in [-0.25, -0.2) is 0 Å². The van der Waals surface area contributed by atoms with Crippen molar-refractivity contribution in [3.05, 3.63) is 11.6 Å². The Kier molecular flexibility index (Phi) is 4.89. The fraction of sp³-hybridized carbons (Fsp3) is 0.882. The number of rotatable bonds is 5. The normalized spacial score (nSPS) is 29.1. The smallest absolute Gasteiger partial charge is 0.0312 e. The van der Waals surface area contributed by atoms with E-state index >= 15 is 0 Å². The van der Waals surface area contributed by atoms with Crippen LogP contribution < -0.4 is 5.32 Å². The maximum Gasteiger partial charge on any atom is 0.0312 e. The molecule has 0 amide bonds. The predicted molar refractivity (Wildman–Crippen MR) is 79.8 cm³/mol. The summed E-state index contributed by atoms with van der Waals surface area (Å²) in [5.41, 5.74) is 2.25. The van der Waals surface area contributed by atoms with Gasteiger partial charge < -0.3 is 5.32 Å². The molecule has 1 N–H and O–H groups in total. The molecule has 2 aliphatic carbocycles. The Hall–Kier alpha value is -0.300. The standard InChI is InChI=1S/C17H31N/c1-4-13-18-16(14-9-5-6-10-14)15-11-7-8-12-17(15,2)3/h9,15-16,18H,4-8,10-13H2,1-3H3. The zero-order valence-corrected chi connectivity index (χ0v) is 12.6. The number of hydrogen-bond acceptors (Lipinski definition) is 1. The zero-order chi connectivity index (χ0) is 13.0. The summed E-state index contributed by atoms with van der Waals surface area (Å²) in [5.74, 6) is 0.849. The molecule has 1 nitrogen and oxygen atoms in total. The summed E-state index contributed by atoms with van der Waals surface area (Å²) in [6.45, 7) is 8.44. The van der Waals surface area contributed by atoms with E-state index in [2.05, 4.69) is 32.2 Å². The monoisotopic (exact) mass is 249 g/mol. The summed E-state index contributed by atoms with van der Waals surface area (Å²) in [4.78, 5) is 0. The second-order valence-electron chi connectivity index (χ2n) is 6.94. The molecule has 0 aromatic carbocycles. The van der Waals surface area contributed by atoms with Gasteiger partial charge in [0.2, 0.25) is 0 Å². The lowest BCUT2D eigenvalue weighted by atomic mass is 9.64. The quantitative estimate of drug-likeness (QED) is 0.698. The van der Waals surface area contributed by atoms with Crippen LogP contribution in [0.2, 0.25) is 0 Å². The average molecular weight is 249 g/mol. The van der Waals surface area contributed by atoms with Gasteiger partial charge in [0.05, 0.1) is 0 Å². The molecule has 2 rings (SSSR count). The lowest BCUT2D eigenvalue weighted by molar-refractivity contribution is 0.109. The lowest BCUT2D eigenvalue weighted by Gasteiger charge is -2.44. The molecule has 2 unspecified atom stereocenters. The summed E-state index contributed by atoms with van der Waals surface area (Å²) < 4.78 is 0. The van der Waals surface area contributed by atoms with Crippen LogP contribution in [-0.4, -0.2) is 12.6 Å². The van der Waals surface area contributed by atoms with E-state index < -0.39 is 0 Å². The molecule has 0 aliphatic heterocycles. The minimum absolute atomic E-state index is 0.521. The van der Waals surface area contributed by atoms with Gasteiger partial charge >= 0.3 is 0 Å². The van der Waals surface area contributed by atoms with Crippen LogP contribution in [0.15, 0.2) is 11.6 Å². The van der Waals surface area contributed by atoms with Crippen molar-refractivity contribution >= 4 is 0 Å². The van der Waals surface area contributed by atoms with Gasteiger partial charge in [-0.05, 0) is 56.4 Å². The van der Waals surface area contributed by atoms with Gasteiger partial charge in [0.15, 0.2) is 0 Å². The van der Waals surface area contributed by atoms with E-state index in [1.807, 2.05) is 0 Å². The highest BCUT2D eigenvalue weighted by atomic mass is 14.9. The van der Waals surface area contributed by atoms with Crippen molar-refractivity contribution in [2.45, 2.75) is 78.2 Å². The molecule has 1 fully saturated rings. The first-order valence-corrected chi connectivity index (χ1v) is 8.07. The van der Waals surface area contributed by atoms with Gasteiger partial charge in [0.1, 0.15) is 0 Å². The van der Waals surface area contributed by atoms with Crippen molar-refractivity contribution in [2.75, 3.05) is 6.54 Å². The predicted octanol–water partition coefficient (Wildman–Crippen LogP) is 4.68. The summed E-state index contributed by atoms with van der Waals surface area (Å²) in [7, 11) is 0. The Balaban J connectivity index is 2.11. The van der Waals surface area contributed by atoms with Crippen LogP contribution in [0.25, 0.3) is 0 Å². The third-order valence-electron chi connectivity index (χ3n) is 5.08. The number of hydrogen-bond donors (Lipinski definition) is 1. The molecule has 0 heterocycles. The van der Waals surface area contributed by atoms with Gasteiger partial charge in [-0.2, -0.15) is 0 Å². The van der Waals surface area contributed by atoms with E-state index in [1.54, 1.807) is 5.57 Å². The van der Waals surface area contributed by atoms with Crippen molar-refractivity contribution in [2.24, 2.45) is 11.3 Å². The number of allylic oxidation sites excluding steroid dienone is 1. The third kappa shape index (κ3) is 3.17. The summed E-state index contributed by atoms with van der Waals surface area (Å²) >= 11 is 0. The van der Waals surface area contributed by atoms with E-state index in [-0.39, 0.29) is 0 Å². The van der Waals surface area contributed by atoms with Gasteiger partial charge in [-0.1, -0.05) is 45.3 Å². The molecular weight excluding hydrogens is 218 g/mol. The molecule has 2 atom stereocenters. The van der Waals surface area contributed by atoms with Gasteiger partial charge in [0.25, 0.3) is 0 Å². The first kappa shape index (κ1) is 14.1. The highest BCUT2D eigenvalue weighted by Crippen LogP contribution is 2.44. The van der Waals surface area contributed by atoms with Crippen molar-refractivity contribution in [1.29, 1.82) is 0 Å². The van der Waals surface area contributed by atoms with Crippen molar-refractivity contribution in [3.63, 3.8) is 0 Å². The van der Waals surface area contributed by atoms with Crippen LogP contribution in [-0.2, 0) is 0 Å². The van der Waals surface area contributed by atoms with E-state index in [1.165, 1.54) is 57.9 Å². The Morgan fingerprint density at radius 3 is 2.78 bits per heavy atom. The Morgan fingerprint density at radius 1 is 1.33 bits per heavy atom. The summed E-state index contributed by atoms with van der Waals surface area (Å²) in [6, 6.07) is 0.669. The first-order valence-electron chi connectivity index (χ1n) is 8.07. The highest BCUT2D eigenvalue weighted by molar-refractivity contribution is 5.18. The van der Waals surface area contributed by atoms with Crippen LogP contribution in [0, 0.1) is 11.3 Å². The summed E-state index contributed by atoms with van der Waals surface area (Å²) in [6.07, 6.45) is 13.5. The molecule has 18 heavy (non-hydrogen) atoms. The molecule has 1 heteroatoms. The molecule has 1 saturated carbocycles. The average Bonchev–Trinajstić information content (AvgIpc) is 2.85. The molecule has 104 valence electrons. The van der Waals surface area contributed by atoms with Gasteiger partial charge in [0, 0.05) is 6.04 Å². The van der Waals surface area contributed by atoms with Crippen LogP contribution in [0.5, 0.6) is 0 Å². The van der Waals surface area contributed by atoms with Crippen molar-refractivity contribution in [3.8, 4) is 0 Å². The summed E-state index contributed by atoms with van der Waals surface area (Å²) in [5, 5.41) is 3.87. The maximum absolute atomic E-state index is 3.87. The Morgan fingerprint density at radius 2 is 2.17 bits per heavy atom. The van der Waals surface area contributed by atoms with E-state index in [9.17, 15) is 0 Å². The Labute approximate surface area is 113 Å². The topological polar surface area (TPSA) is 12.0 Å². The largest absolute Gasteiger partial charge is 0.310 e. The molecule has 2 aliphatic rings. The van der Waals surface area contributed by atoms with Crippen LogP contribution in [0.1, 0.15) is 72.1 Å². The SMILES string of the molecule is CCCNC(C1=CCCC1)C1CCCCC1(C)C. The molecule has 0 aromatic rings. The van der Waals surface area contributed by atoms with E-state index in [0.717, 1.165) is 5.92 Å². The Bertz CT molecular complexity index is 290. The van der Waals surface area contributed by atoms with Gasteiger partial charge in [-0.3, -0.25) is 0 Å². The molecule has 0 saturated heterocycles. The first-order chi connectivity index (χ1) is 8.65. The van der Waals surface area contributed by atoms with Crippen LogP contribution >= 0.6 is 0 Å². The second kappa shape index (κ2) is 6.23. The van der Waals surface area contributed by atoms with Crippen molar-refractivity contribution < 1.29 is 0 Å². The molecule has 0 radical (unpaired) electrons. The minimum Gasteiger partial charge on any atom is -0.310 e. The third-order valence-corrected chi connectivity index (χ3v) is 5.08. The number of nitrogens with one attached hydrogen (secondary N) is 1. The molecule has 0 aromatic heterocycles. The van der Waals surface area contributed by atoms with E-state index in [0.29, 0.717) is 11.5 Å². The lowest BCUT2D eigenvalue weighted by Crippen LogP contribution is -2.46. The highest BCUT2D eigenvalue weighted by Gasteiger charge is 2.38. The molecule has 0 bridgehead atoms. The maximum atomic E-state index is 3.87. The fourth-order valence-corrected chi connectivity index (χ4v) is 3.95. The van der Waals surface area contributed by atoms with Gasteiger partial charge in [-0.15, -0.1) is 0 Å². The van der Waals surface area contributed by atoms with Crippen LogP contribution in [0.4, 0.5) is 0 Å². The molecular formula is C17H31N. The van der Waals surface area contributed by atoms with Crippen LogP contribution in [0.3, 0.4) is 0 Å². The second-order valence-corrected chi connectivity index (χ2v) is 6.94. The zero-order valence-electron chi connectivity index (χ0n) is 12.6. The van der Waals surface area contributed by atoms with E-state index in [4.69, 9.17) is 0 Å². The van der Waals surface area contributed by atoms with Crippen molar-refractivity contribution in [1.82, 2.24) is 5.32 Å². The molecule has 0 spiro atoms.